The van der Waals surface area contributed by atoms with Gasteiger partial charge in [-0.15, -0.1) is 0 Å². The van der Waals surface area contributed by atoms with Gasteiger partial charge < -0.3 is 15.0 Å². The third-order valence-electron chi connectivity index (χ3n) is 4.33. The van der Waals surface area contributed by atoms with Crippen molar-refractivity contribution in [1.29, 1.82) is 0 Å². The Labute approximate surface area is 120 Å². The van der Waals surface area contributed by atoms with Gasteiger partial charge in [0.15, 0.2) is 5.69 Å². The molecule has 2 N–H and O–H groups in total. The molecule has 20 heavy (non-hydrogen) atoms. The van der Waals surface area contributed by atoms with E-state index >= 15 is 0 Å². The normalized spacial score (nSPS) is 17.9. The molecule has 0 bridgehead atoms. The van der Waals surface area contributed by atoms with Crippen LogP contribution in [0.5, 0.6) is 0 Å². The summed E-state index contributed by atoms with van der Waals surface area (Å²) in [6.45, 7) is 6.19. The van der Waals surface area contributed by atoms with Crippen LogP contribution in [-0.4, -0.2) is 22.1 Å². The van der Waals surface area contributed by atoms with Crippen LogP contribution in [0.4, 0.5) is 5.82 Å². The minimum absolute atomic E-state index is 0.256. The fraction of sp³-hybridized carbons (Fsp3) is 0.733. The van der Waals surface area contributed by atoms with Crippen LogP contribution < -0.4 is 5.73 Å². The first-order valence-corrected chi connectivity index (χ1v) is 7.57. The van der Waals surface area contributed by atoms with Gasteiger partial charge in [-0.1, -0.05) is 19.3 Å². The van der Waals surface area contributed by atoms with Crippen LogP contribution in [0.3, 0.4) is 0 Å². The fourth-order valence-electron chi connectivity index (χ4n) is 3.25. The highest BCUT2D eigenvalue weighted by atomic mass is 16.5. The molecule has 5 nitrogen and oxygen atoms in total. The number of carbonyl (C=O) groups excluding carboxylic acids is 1. The SMILES string of the molecule is CCOC(=O)c1nc(C)n(C(C)C2CCCCC2)c1N. The molecule has 2 rings (SSSR count). The summed E-state index contributed by atoms with van der Waals surface area (Å²) in [6.07, 6.45) is 6.36. The Hall–Kier alpha value is -1.52. The van der Waals surface area contributed by atoms with Gasteiger partial charge in [-0.25, -0.2) is 9.78 Å². The van der Waals surface area contributed by atoms with Gasteiger partial charge in [-0.3, -0.25) is 0 Å². The van der Waals surface area contributed by atoms with E-state index in [0.717, 1.165) is 5.82 Å². The molecule has 1 atom stereocenters. The zero-order valence-electron chi connectivity index (χ0n) is 12.7. The summed E-state index contributed by atoms with van der Waals surface area (Å²) in [5.74, 6) is 1.43. The number of rotatable bonds is 4. The molecule has 0 aromatic carbocycles. The van der Waals surface area contributed by atoms with Crippen LogP contribution >= 0.6 is 0 Å². The standard InChI is InChI=1S/C15H25N3O2/c1-4-20-15(19)13-14(16)18(11(3)17-13)10(2)12-8-6-5-7-9-12/h10,12H,4-9,16H2,1-3H3. The first-order valence-electron chi connectivity index (χ1n) is 7.57. The minimum atomic E-state index is -0.428. The molecule has 112 valence electrons. The van der Waals surface area contributed by atoms with Crippen molar-refractivity contribution in [3.8, 4) is 0 Å². The summed E-state index contributed by atoms with van der Waals surface area (Å²) in [6, 6.07) is 0.283. The highest BCUT2D eigenvalue weighted by molar-refractivity contribution is 5.92. The van der Waals surface area contributed by atoms with Gasteiger partial charge >= 0.3 is 5.97 Å². The van der Waals surface area contributed by atoms with E-state index in [9.17, 15) is 4.79 Å². The quantitative estimate of drug-likeness (QED) is 0.860. The molecule has 1 fully saturated rings. The number of imidazole rings is 1. The second-order valence-electron chi connectivity index (χ2n) is 5.62. The molecule has 1 unspecified atom stereocenters. The summed E-state index contributed by atoms with van der Waals surface area (Å²) in [4.78, 5) is 16.2. The number of hydrogen-bond acceptors (Lipinski definition) is 4. The average Bonchev–Trinajstić information content (AvgIpc) is 2.75. The molecule has 5 heteroatoms. The van der Waals surface area contributed by atoms with Crippen molar-refractivity contribution in [2.75, 3.05) is 12.3 Å². The zero-order chi connectivity index (χ0) is 14.7. The maximum absolute atomic E-state index is 11.9. The smallest absolute Gasteiger partial charge is 0.360 e. The minimum Gasteiger partial charge on any atom is -0.461 e. The molecule has 0 radical (unpaired) electrons. The summed E-state index contributed by atoms with van der Waals surface area (Å²) in [7, 11) is 0. The van der Waals surface area contributed by atoms with Gasteiger partial charge in [0.1, 0.15) is 11.6 Å². The number of aryl methyl sites for hydroxylation is 1. The van der Waals surface area contributed by atoms with E-state index in [-0.39, 0.29) is 11.7 Å². The molecular weight excluding hydrogens is 254 g/mol. The van der Waals surface area contributed by atoms with Crippen molar-refractivity contribution >= 4 is 11.8 Å². The van der Waals surface area contributed by atoms with E-state index in [1.807, 2.05) is 11.5 Å². The predicted molar refractivity (Wildman–Crippen MR) is 78.6 cm³/mol. The summed E-state index contributed by atoms with van der Waals surface area (Å²) in [5, 5.41) is 0. The van der Waals surface area contributed by atoms with Crippen LogP contribution in [0.15, 0.2) is 0 Å². The van der Waals surface area contributed by atoms with E-state index in [2.05, 4.69) is 11.9 Å². The molecule has 0 saturated heterocycles. The average molecular weight is 279 g/mol. The number of hydrogen-bond donors (Lipinski definition) is 1. The number of ether oxygens (including phenoxy) is 1. The van der Waals surface area contributed by atoms with Crippen molar-refractivity contribution in [2.24, 2.45) is 5.92 Å². The Bertz CT molecular complexity index is 476. The maximum atomic E-state index is 11.9. The predicted octanol–water partition coefficient (Wildman–Crippen LogP) is 3.09. The van der Waals surface area contributed by atoms with E-state index in [1.165, 1.54) is 32.1 Å². The Morgan fingerprint density at radius 3 is 2.70 bits per heavy atom. The molecule has 1 heterocycles. The number of carbonyl (C=O) groups is 1. The second-order valence-corrected chi connectivity index (χ2v) is 5.62. The van der Waals surface area contributed by atoms with Crippen molar-refractivity contribution in [1.82, 2.24) is 9.55 Å². The third-order valence-corrected chi connectivity index (χ3v) is 4.33. The first-order chi connectivity index (χ1) is 9.56. The lowest BCUT2D eigenvalue weighted by atomic mass is 9.84. The van der Waals surface area contributed by atoms with Crippen LogP contribution in [0.2, 0.25) is 0 Å². The van der Waals surface area contributed by atoms with Crippen molar-refractivity contribution in [3.63, 3.8) is 0 Å². The van der Waals surface area contributed by atoms with Gasteiger partial charge in [0.2, 0.25) is 0 Å². The molecule has 1 aliphatic carbocycles. The molecule has 1 saturated carbocycles. The molecular formula is C15H25N3O2. The Kier molecular flexibility index (Phi) is 4.68. The highest BCUT2D eigenvalue weighted by Gasteiger charge is 2.27. The Morgan fingerprint density at radius 1 is 1.45 bits per heavy atom. The number of aromatic nitrogens is 2. The van der Waals surface area contributed by atoms with Gasteiger partial charge in [0, 0.05) is 6.04 Å². The van der Waals surface area contributed by atoms with E-state index in [0.29, 0.717) is 18.3 Å². The number of nitrogens with two attached hydrogens (primary N) is 1. The van der Waals surface area contributed by atoms with Crippen molar-refractivity contribution < 1.29 is 9.53 Å². The Balaban J connectivity index is 2.25. The number of nitrogen functional groups attached to an aromatic ring is 1. The number of nitrogens with zero attached hydrogens (tertiary/aromatic N) is 2. The van der Waals surface area contributed by atoms with E-state index in [1.54, 1.807) is 6.92 Å². The first kappa shape index (κ1) is 14.9. The summed E-state index contributed by atoms with van der Waals surface area (Å²) >= 11 is 0. The van der Waals surface area contributed by atoms with Gasteiger partial charge in [-0.2, -0.15) is 0 Å². The third kappa shape index (κ3) is 2.81. The van der Waals surface area contributed by atoms with Crippen molar-refractivity contribution in [3.05, 3.63) is 11.5 Å². The molecule has 0 spiro atoms. The monoisotopic (exact) mass is 279 g/mol. The van der Waals surface area contributed by atoms with Gasteiger partial charge in [-0.05, 0) is 39.5 Å². The topological polar surface area (TPSA) is 70.1 Å². The second kappa shape index (κ2) is 6.29. The van der Waals surface area contributed by atoms with Crippen LogP contribution in [0, 0.1) is 12.8 Å². The zero-order valence-corrected chi connectivity index (χ0v) is 12.7. The van der Waals surface area contributed by atoms with Crippen molar-refractivity contribution in [2.45, 2.75) is 58.9 Å². The molecule has 1 aromatic rings. The highest BCUT2D eigenvalue weighted by Crippen LogP contribution is 2.35. The maximum Gasteiger partial charge on any atom is 0.360 e. The fourth-order valence-corrected chi connectivity index (χ4v) is 3.25. The lowest BCUT2D eigenvalue weighted by molar-refractivity contribution is 0.0521. The lowest BCUT2D eigenvalue weighted by Crippen LogP contribution is -2.22. The number of esters is 1. The van der Waals surface area contributed by atoms with Gasteiger partial charge in [0.05, 0.1) is 6.61 Å². The van der Waals surface area contributed by atoms with E-state index < -0.39 is 5.97 Å². The lowest BCUT2D eigenvalue weighted by Gasteiger charge is -2.29. The largest absolute Gasteiger partial charge is 0.461 e. The van der Waals surface area contributed by atoms with Crippen LogP contribution in [-0.2, 0) is 4.74 Å². The Morgan fingerprint density at radius 2 is 2.10 bits per heavy atom. The van der Waals surface area contributed by atoms with Gasteiger partial charge in [0.25, 0.3) is 0 Å². The van der Waals surface area contributed by atoms with Crippen LogP contribution in [0.25, 0.3) is 0 Å². The molecule has 1 aromatic heterocycles. The molecule has 0 aliphatic heterocycles. The number of anilines is 1. The summed E-state index contributed by atoms with van der Waals surface area (Å²) < 4.78 is 7.01. The molecule has 0 amide bonds. The van der Waals surface area contributed by atoms with Crippen LogP contribution in [0.1, 0.15) is 68.3 Å². The molecule has 1 aliphatic rings. The summed E-state index contributed by atoms with van der Waals surface area (Å²) in [5.41, 5.74) is 6.40. The van der Waals surface area contributed by atoms with E-state index in [4.69, 9.17) is 10.5 Å².